The molecule has 6 heteroatoms. The Morgan fingerprint density at radius 1 is 1.62 bits per heavy atom. The molecule has 0 aliphatic carbocycles. The number of rotatable bonds is 2. The minimum atomic E-state index is 0.174. The molecule has 1 amide bonds. The number of carbonyl (C=O) groups is 1. The lowest BCUT2D eigenvalue weighted by Gasteiger charge is -2.27. The maximum Gasteiger partial charge on any atom is 0.236 e. The van der Waals surface area contributed by atoms with Crippen LogP contribution in [0.15, 0.2) is 10.4 Å². The van der Waals surface area contributed by atoms with Gasteiger partial charge in [0.2, 0.25) is 5.91 Å². The highest BCUT2D eigenvalue weighted by Crippen LogP contribution is 2.06. The van der Waals surface area contributed by atoms with E-state index in [4.69, 9.17) is 0 Å². The molecular weight excluding hydrogens is 224 g/mol. The van der Waals surface area contributed by atoms with Crippen LogP contribution in [0.4, 0.5) is 0 Å². The molecule has 1 aliphatic rings. The lowest BCUT2D eigenvalue weighted by molar-refractivity contribution is -0.132. The zero-order valence-electron chi connectivity index (χ0n) is 9.56. The fourth-order valence-electron chi connectivity index (χ4n) is 1.76. The van der Waals surface area contributed by atoms with E-state index in [2.05, 4.69) is 15.7 Å². The van der Waals surface area contributed by atoms with Crippen LogP contribution >= 0.6 is 11.3 Å². The predicted molar refractivity (Wildman–Crippen MR) is 63.1 cm³/mol. The SMILES string of the molecule is C/N=c1\scc(CN2CCNCC2=O)n1C. The van der Waals surface area contributed by atoms with Crippen LogP contribution in [0.2, 0.25) is 0 Å². The summed E-state index contributed by atoms with van der Waals surface area (Å²) in [5.74, 6) is 0.174. The van der Waals surface area contributed by atoms with Gasteiger partial charge in [0.1, 0.15) is 0 Å². The highest BCUT2D eigenvalue weighted by atomic mass is 32.1. The molecule has 0 aromatic carbocycles. The van der Waals surface area contributed by atoms with Crippen LogP contribution < -0.4 is 10.1 Å². The fraction of sp³-hybridized carbons (Fsp3) is 0.600. The molecule has 88 valence electrons. The third kappa shape index (κ3) is 2.17. The van der Waals surface area contributed by atoms with Gasteiger partial charge in [-0.2, -0.15) is 0 Å². The number of aromatic nitrogens is 1. The summed E-state index contributed by atoms with van der Waals surface area (Å²) < 4.78 is 2.04. The van der Waals surface area contributed by atoms with Gasteiger partial charge in [0, 0.05) is 38.3 Å². The highest BCUT2D eigenvalue weighted by molar-refractivity contribution is 7.07. The summed E-state index contributed by atoms with van der Waals surface area (Å²) >= 11 is 1.61. The molecule has 5 nitrogen and oxygen atoms in total. The molecular formula is C10H16N4OS. The van der Waals surface area contributed by atoms with Gasteiger partial charge < -0.3 is 14.8 Å². The van der Waals surface area contributed by atoms with Crippen LogP contribution in [0.3, 0.4) is 0 Å². The molecule has 1 N–H and O–H groups in total. The van der Waals surface area contributed by atoms with Gasteiger partial charge in [0.05, 0.1) is 13.1 Å². The Morgan fingerprint density at radius 3 is 3.06 bits per heavy atom. The van der Waals surface area contributed by atoms with Crippen molar-refractivity contribution in [1.82, 2.24) is 14.8 Å². The lowest BCUT2D eigenvalue weighted by Crippen LogP contribution is -2.47. The molecule has 16 heavy (non-hydrogen) atoms. The van der Waals surface area contributed by atoms with Crippen LogP contribution in [0, 0.1) is 0 Å². The number of hydrogen-bond acceptors (Lipinski definition) is 4. The zero-order chi connectivity index (χ0) is 11.5. The molecule has 1 fully saturated rings. The van der Waals surface area contributed by atoms with Crippen LogP contribution in [0.1, 0.15) is 5.69 Å². The third-order valence-electron chi connectivity index (χ3n) is 2.75. The number of thiazole rings is 1. The minimum Gasteiger partial charge on any atom is -0.334 e. The van der Waals surface area contributed by atoms with Crippen molar-refractivity contribution in [3.8, 4) is 0 Å². The molecule has 0 bridgehead atoms. The first-order valence-corrected chi connectivity index (χ1v) is 6.15. The van der Waals surface area contributed by atoms with Crippen molar-refractivity contribution < 1.29 is 4.79 Å². The van der Waals surface area contributed by atoms with E-state index in [1.165, 1.54) is 0 Å². The summed E-state index contributed by atoms with van der Waals surface area (Å²) in [6.45, 7) is 2.81. The summed E-state index contributed by atoms with van der Waals surface area (Å²) in [6.07, 6.45) is 0. The predicted octanol–water partition coefficient (Wildman–Crippen LogP) is -0.451. The molecule has 0 unspecified atom stereocenters. The molecule has 1 saturated heterocycles. The Hall–Kier alpha value is -1.14. The molecule has 0 saturated carbocycles. The Morgan fingerprint density at radius 2 is 2.44 bits per heavy atom. The first-order valence-electron chi connectivity index (χ1n) is 5.27. The molecule has 0 atom stereocenters. The van der Waals surface area contributed by atoms with Gasteiger partial charge in [0.15, 0.2) is 4.80 Å². The number of carbonyl (C=O) groups excluding carboxylic acids is 1. The lowest BCUT2D eigenvalue weighted by atomic mass is 10.3. The van der Waals surface area contributed by atoms with Gasteiger partial charge in [-0.05, 0) is 0 Å². The zero-order valence-corrected chi connectivity index (χ0v) is 10.4. The fourth-order valence-corrected chi connectivity index (χ4v) is 2.61. The van der Waals surface area contributed by atoms with Crippen LogP contribution in [0.25, 0.3) is 0 Å². The number of piperazine rings is 1. The minimum absolute atomic E-state index is 0.174. The van der Waals surface area contributed by atoms with E-state index in [0.29, 0.717) is 13.1 Å². The van der Waals surface area contributed by atoms with Gasteiger partial charge >= 0.3 is 0 Å². The van der Waals surface area contributed by atoms with E-state index in [9.17, 15) is 4.79 Å². The van der Waals surface area contributed by atoms with Gasteiger partial charge in [0.25, 0.3) is 0 Å². The van der Waals surface area contributed by atoms with Crippen molar-refractivity contribution in [3.63, 3.8) is 0 Å². The molecule has 1 aromatic rings. The standard InChI is InChI=1S/C10H16N4OS/c1-11-10-13(2)8(7-16-10)6-14-4-3-12-5-9(14)15/h7,12H,3-6H2,1-2H3/b11-10-. The molecule has 0 radical (unpaired) electrons. The van der Waals surface area contributed by atoms with Gasteiger partial charge in [-0.15, -0.1) is 11.3 Å². The van der Waals surface area contributed by atoms with E-state index < -0.39 is 0 Å². The monoisotopic (exact) mass is 240 g/mol. The molecule has 2 heterocycles. The second kappa shape index (κ2) is 4.80. The Labute approximate surface area is 98.4 Å². The van der Waals surface area contributed by atoms with Crippen molar-refractivity contribution in [2.75, 3.05) is 26.7 Å². The van der Waals surface area contributed by atoms with Crippen molar-refractivity contribution in [3.05, 3.63) is 15.9 Å². The Kier molecular flexibility index (Phi) is 3.40. The van der Waals surface area contributed by atoms with E-state index in [-0.39, 0.29) is 5.91 Å². The molecule has 1 aromatic heterocycles. The van der Waals surface area contributed by atoms with Gasteiger partial charge in [-0.25, -0.2) is 0 Å². The highest BCUT2D eigenvalue weighted by Gasteiger charge is 2.18. The van der Waals surface area contributed by atoms with Crippen molar-refractivity contribution >= 4 is 17.2 Å². The van der Waals surface area contributed by atoms with E-state index in [1.807, 2.05) is 16.5 Å². The average Bonchev–Trinajstić information content (AvgIpc) is 2.63. The second-order valence-corrected chi connectivity index (χ2v) is 4.62. The molecule has 2 rings (SSSR count). The quantitative estimate of drug-likeness (QED) is 0.761. The van der Waals surface area contributed by atoms with Crippen LogP contribution in [-0.2, 0) is 18.4 Å². The number of nitrogens with one attached hydrogen (secondary N) is 1. The van der Waals surface area contributed by atoms with Crippen molar-refractivity contribution in [1.29, 1.82) is 0 Å². The van der Waals surface area contributed by atoms with E-state index in [0.717, 1.165) is 23.6 Å². The van der Waals surface area contributed by atoms with Gasteiger partial charge in [-0.1, -0.05) is 0 Å². The number of nitrogens with zero attached hydrogens (tertiary/aromatic N) is 3. The summed E-state index contributed by atoms with van der Waals surface area (Å²) in [5, 5.41) is 5.13. The maximum atomic E-state index is 11.6. The summed E-state index contributed by atoms with van der Waals surface area (Å²) in [7, 11) is 3.77. The second-order valence-electron chi connectivity index (χ2n) is 3.78. The first-order chi connectivity index (χ1) is 7.72. The molecule has 0 spiro atoms. The summed E-state index contributed by atoms with van der Waals surface area (Å²) in [6, 6.07) is 0. The third-order valence-corrected chi connectivity index (χ3v) is 3.81. The Bertz CT molecular complexity index is 448. The summed E-state index contributed by atoms with van der Waals surface area (Å²) in [4.78, 5) is 18.7. The van der Waals surface area contributed by atoms with Crippen molar-refractivity contribution in [2.45, 2.75) is 6.54 Å². The van der Waals surface area contributed by atoms with E-state index in [1.54, 1.807) is 18.4 Å². The van der Waals surface area contributed by atoms with Gasteiger partial charge in [-0.3, -0.25) is 9.79 Å². The average molecular weight is 240 g/mol. The molecule has 1 aliphatic heterocycles. The normalized spacial score (nSPS) is 18.2. The smallest absolute Gasteiger partial charge is 0.236 e. The Balaban J connectivity index is 2.14. The van der Waals surface area contributed by atoms with Crippen LogP contribution in [0.5, 0.6) is 0 Å². The van der Waals surface area contributed by atoms with Crippen molar-refractivity contribution in [2.24, 2.45) is 12.0 Å². The largest absolute Gasteiger partial charge is 0.334 e. The maximum absolute atomic E-state index is 11.6. The number of hydrogen-bond donors (Lipinski definition) is 1. The van der Waals surface area contributed by atoms with Crippen LogP contribution in [-0.4, -0.2) is 42.1 Å². The van der Waals surface area contributed by atoms with E-state index >= 15 is 0 Å². The number of amides is 1. The first kappa shape index (κ1) is 11.3. The topological polar surface area (TPSA) is 49.6 Å². The summed E-state index contributed by atoms with van der Waals surface area (Å²) in [5.41, 5.74) is 1.14.